The van der Waals surface area contributed by atoms with Crippen molar-refractivity contribution >= 4 is 11.7 Å². The van der Waals surface area contributed by atoms with E-state index in [0.717, 1.165) is 6.42 Å². The Morgan fingerprint density at radius 3 is 3.17 bits per heavy atom. The number of nitrogens with zero attached hydrogens (tertiary/aromatic N) is 1. The lowest BCUT2D eigenvalue weighted by atomic mass is 10.0. The van der Waals surface area contributed by atoms with Gasteiger partial charge >= 0.3 is 5.97 Å². The van der Waals surface area contributed by atoms with Crippen LogP contribution in [0.3, 0.4) is 0 Å². The molecule has 0 saturated heterocycles. The van der Waals surface area contributed by atoms with E-state index < -0.39 is 5.97 Å². The van der Waals surface area contributed by atoms with Crippen molar-refractivity contribution in [2.45, 2.75) is 13.3 Å². The third-order valence-electron chi connectivity index (χ3n) is 1.71. The topological polar surface area (TPSA) is 47.9 Å². The van der Waals surface area contributed by atoms with Gasteiger partial charge < -0.3 is 9.57 Å². The largest absolute Gasteiger partial charge is 0.464 e. The number of methoxy groups -OCH3 is 1. The van der Waals surface area contributed by atoms with E-state index in [4.69, 9.17) is 0 Å². The maximum absolute atomic E-state index is 11.1. The highest BCUT2D eigenvalue weighted by molar-refractivity contribution is 6.37. The molecule has 1 atom stereocenters. The molecule has 0 aromatic heterocycles. The molecule has 1 aliphatic rings. The van der Waals surface area contributed by atoms with E-state index in [2.05, 4.69) is 14.7 Å². The Balaban J connectivity index is 2.73. The minimum atomic E-state index is -0.425. The molecule has 12 heavy (non-hydrogen) atoms. The molecule has 1 aliphatic heterocycles. The molecule has 0 aliphatic carbocycles. The van der Waals surface area contributed by atoms with Crippen LogP contribution in [0.1, 0.15) is 13.3 Å². The van der Waals surface area contributed by atoms with Crippen molar-refractivity contribution in [3.63, 3.8) is 0 Å². The molecule has 0 spiro atoms. The van der Waals surface area contributed by atoms with E-state index in [-0.39, 0.29) is 5.92 Å². The Morgan fingerprint density at radius 1 is 1.83 bits per heavy atom. The van der Waals surface area contributed by atoms with Gasteiger partial charge in [0.15, 0.2) is 5.71 Å². The number of esters is 1. The van der Waals surface area contributed by atoms with Crippen LogP contribution >= 0.6 is 0 Å². The van der Waals surface area contributed by atoms with E-state index in [1.165, 1.54) is 13.4 Å². The molecule has 1 rings (SSSR count). The minimum absolute atomic E-state index is 0.0196. The standard InChI is InChI=1S/C8H11NO3/c1-3-6-4-5-12-9-7(6)8(10)11-2/h4-6H,3H2,1-2H3. The van der Waals surface area contributed by atoms with Crippen LogP contribution in [-0.2, 0) is 14.4 Å². The average molecular weight is 169 g/mol. The van der Waals surface area contributed by atoms with Crippen molar-refractivity contribution in [3.8, 4) is 0 Å². The first-order valence-corrected chi connectivity index (χ1v) is 3.78. The summed E-state index contributed by atoms with van der Waals surface area (Å²) in [5.41, 5.74) is 0.336. The molecule has 0 aromatic carbocycles. The third kappa shape index (κ3) is 1.64. The smallest absolute Gasteiger partial charge is 0.356 e. The first-order valence-electron chi connectivity index (χ1n) is 3.78. The van der Waals surface area contributed by atoms with Crippen LogP contribution in [0.15, 0.2) is 17.5 Å². The second-order valence-electron chi connectivity index (χ2n) is 2.42. The Labute approximate surface area is 70.8 Å². The summed E-state index contributed by atoms with van der Waals surface area (Å²) >= 11 is 0. The quantitative estimate of drug-likeness (QED) is 0.581. The number of hydrogen-bond donors (Lipinski definition) is 0. The molecule has 0 fully saturated rings. The zero-order chi connectivity index (χ0) is 8.97. The fourth-order valence-corrected chi connectivity index (χ4v) is 0.999. The maximum atomic E-state index is 11.1. The minimum Gasteiger partial charge on any atom is -0.464 e. The summed E-state index contributed by atoms with van der Waals surface area (Å²) in [5.74, 6) is -0.405. The third-order valence-corrected chi connectivity index (χ3v) is 1.71. The van der Waals surface area contributed by atoms with E-state index in [9.17, 15) is 4.79 Å². The van der Waals surface area contributed by atoms with Gasteiger partial charge in [-0.1, -0.05) is 12.1 Å². The summed E-state index contributed by atoms with van der Waals surface area (Å²) in [5, 5.41) is 3.61. The second-order valence-corrected chi connectivity index (χ2v) is 2.42. The summed E-state index contributed by atoms with van der Waals surface area (Å²) in [6.45, 7) is 1.97. The van der Waals surface area contributed by atoms with Gasteiger partial charge in [0.2, 0.25) is 0 Å². The highest BCUT2D eigenvalue weighted by Gasteiger charge is 2.23. The average Bonchev–Trinajstić information content (AvgIpc) is 2.16. The highest BCUT2D eigenvalue weighted by atomic mass is 16.6. The molecule has 1 heterocycles. The van der Waals surface area contributed by atoms with Gasteiger partial charge in [0, 0.05) is 5.92 Å². The predicted molar refractivity (Wildman–Crippen MR) is 43.5 cm³/mol. The van der Waals surface area contributed by atoms with Crippen LogP contribution in [-0.4, -0.2) is 18.8 Å². The van der Waals surface area contributed by atoms with Crippen molar-refractivity contribution in [1.29, 1.82) is 0 Å². The summed E-state index contributed by atoms with van der Waals surface area (Å²) in [7, 11) is 1.33. The molecule has 1 unspecified atom stereocenters. The van der Waals surface area contributed by atoms with Gasteiger partial charge in [-0.25, -0.2) is 4.79 Å². The normalized spacial score (nSPS) is 21.2. The van der Waals surface area contributed by atoms with Crippen molar-refractivity contribution in [2.75, 3.05) is 7.11 Å². The van der Waals surface area contributed by atoms with Crippen LogP contribution in [0.4, 0.5) is 0 Å². The van der Waals surface area contributed by atoms with Crippen molar-refractivity contribution in [2.24, 2.45) is 11.1 Å². The highest BCUT2D eigenvalue weighted by Crippen LogP contribution is 2.13. The maximum Gasteiger partial charge on any atom is 0.356 e. The molecule has 0 saturated carbocycles. The Bertz CT molecular complexity index is 232. The van der Waals surface area contributed by atoms with E-state index in [0.29, 0.717) is 5.71 Å². The molecule has 0 amide bonds. The molecule has 66 valence electrons. The lowest BCUT2D eigenvalue weighted by Crippen LogP contribution is -2.25. The summed E-state index contributed by atoms with van der Waals surface area (Å²) in [6, 6.07) is 0. The molecule has 0 aromatic rings. The van der Waals surface area contributed by atoms with E-state index >= 15 is 0 Å². The molecule has 0 bridgehead atoms. The second kappa shape index (κ2) is 3.90. The fraction of sp³-hybridized carbons (Fsp3) is 0.500. The van der Waals surface area contributed by atoms with Crippen LogP contribution in [0.5, 0.6) is 0 Å². The molecule has 0 radical (unpaired) electrons. The van der Waals surface area contributed by atoms with Gasteiger partial charge in [-0.2, -0.15) is 0 Å². The predicted octanol–water partition coefficient (Wildman–Crippen LogP) is 1.09. The van der Waals surface area contributed by atoms with Gasteiger partial charge in [-0.05, 0) is 12.5 Å². The molecule has 4 heteroatoms. The van der Waals surface area contributed by atoms with Crippen LogP contribution in [0.2, 0.25) is 0 Å². The fourth-order valence-electron chi connectivity index (χ4n) is 0.999. The first-order chi connectivity index (χ1) is 5.79. The van der Waals surface area contributed by atoms with Gasteiger partial charge in [0.1, 0.15) is 6.26 Å². The lowest BCUT2D eigenvalue weighted by molar-refractivity contribution is -0.133. The molecule has 0 N–H and O–H groups in total. The SMILES string of the molecule is CCC1C=CON=C1C(=O)OC. The number of ether oxygens (including phenoxy) is 1. The number of hydrogen-bond acceptors (Lipinski definition) is 4. The Kier molecular flexibility index (Phi) is 2.85. The van der Waals surface area contributed by atoms with E-state index in [1.54, 1.807) is 6.08 Å². The van der Waals surface area contributed by atoms with Crippen LogP contribution < -0.4 is 0 Å². The summed E-state index contributed by atoms with van der Waals surface area (Å²) in [6.07, 6.45) is 4.08. The van der Waals surface area contributed by atoms with Gasteiger partial charge in [-0.3, -0.25) is 0 Å². The monoisotopic (exact) mass is 169 g/mol. The van der Waals surface area contributed by atoms with Gasteiger partial charge in [0.25, 0.3) is 0 Å². The van der Waals surface area contributed by atoms with Crippen LogP contribution in [0.25, 0.3) is 0 Å². The Morgan fingerprint density at radius 2 is 2.58 bits per heavy atom. The Hall–Kier alpha value is -1.32. The van der Waals surface area contributed by atoms with Crippen molar-refractivity contribution in [3.05, 3.63) is 12.3 Å². The lowest BCUT2D eigenvalue weighted by Gasteiger charge is -2.13. The van der Waals surface area contributed by atoms with Gasteiger partial charge in [-0.15, -0.1) is 0 Å². The molecular formula is C8H11NO3. The van der Waals surface area contributed by atoms with Crippen LogP contribution in [0, 0.1) is 5.92 Å². The first kappa shape index (κ1) is 8.77. The van der Waals surface area contributed by atoms with E-state index in [1.807, 2.05) is 6.92 Å². The molecule has 4 nitrogen and oxygen atoms in total. The number of rotatable bonds is 2. The molecular weight excluding hydrogens is 158 g/mol. The zero-order valence-electron chi connectivity index (χ0n) is 7.11. The van der Waals surface area contributed by atoms with Crippen molar-refractivity contribution in [1.82, 2.24) is 0 Å². The summed E-state index contributed by atoms with van der Waals surface area (Å²) < 4.78 is 4.54. The zero-order valence-corrected chi connectivity index (χ0v) is 7.11. The summed E-state index contributed by atoms with van der Waals surface area (Å²) in [4.78, 5) is 15.7. The number of allylic oxidation sites excluding steroid dienone is 1. The number of carbonyl (C=O) groups excluding carboxylic acids is 1. The van der Waals surface area contributed by atoms with Crippen molar-refractivity contribution < 1.29 is 14.4 Å². The number of oxime groups is 1. The number of carbonyl (C=O) groups is 1. The van der Waals surface area contributed by atoms with Gasteiger partial charge in [0.05, 0.1) is 7.11 Å².